The highest BCUT2D eigenvalue weighted by atomic mass is 14.9. The monoisotopic (exact) mass is 176 g/mol. The summed E-state index contributed by atoms with van der Waals surface area (Å²) in [6, 6.07) is 4.86. The van der Waals surface area contributed by atoms with E-state index in [4.69, 9.17) is 5.73 Å². The molecule has 0 spiro atoms. The van der Waals surface area contributed by atoms with Crippen molar-refractivity contribution in [3.63, 3.8) is 0 Å². The first-order chi connectivity index (χ1) is 6.22. The average Bonchev–Trinajstić information content (AvgIpc) is 2.48. The van der Waals surface area contributed by atoms with Gasteiger partial charge >= 0.3 is 0 Å². The molecule has 1 unspecified atom stereocenters. The van der Waals surface area contributed by atoms with Crippen LogP contribution in [0, 0.1) is 6.92 Å². The molecule has 1 aliphatic carbocycles. The van der Waals surface area contributed by atoms with Crippen molar-refractivity contribution in [2.75, 3.05) is 12.8 Å². The number of fused-ring (bicyclic) bond motifs is 1. The molecule has 2 nitrogen and oxygen atoms in total. The molecule has 2 rings (SSSR count). The van der Waals surface area contributed by atoms with Crippen LogP contribution in [0.5, 0.6) is 0 Å². The first kappa shape index (κ1) is 8.57. The number of nitrogens with two attached hydrogens (primary N) is 1. The molecule has 1 aromatic carbocycles. The zero-order valence-corrected chi connectivity index (χ0v) is 8.22. The summed E-state index contributed by atoms with van der Waals surface area (Å²) in [7, 11) is 2.01. The summed E-state index contributed by atoms with van der Waals surface area (Å²) >= 11 is 0. The van der Waals surface area contributed by atoms with Crippen LogP contribution in [0.15, 0.2) is 12.1 Å². The van der Waals surface area contributed by atoms with Crippen LogP contribution in [0.3, 0.4) is 0 Å². The molecule has 70 valence electrons. The van der Waals surface area contributed by atoms with Crippen LogP contribution in [0.1, 0.15) is 29.2 Å². The van der Waals surface area contributed by atoms with E-state index in [0.29, 0.717) is 6.04 Å². The van der Waals surface area contributed by atoms with Gasteiger partial charge < -0.3 is 11.1 Å². The Balaban J connectivity index is 2.47. The second kappa shape index (κ2) is 3.04. The molecule has 1 aliphatic rings. The van der Waals surface area contributed by atoms with Crippen LogP contribution in [0.4, 0.5) is 5.69 Å². The third kappa shape index (κ3) is 1.31. The third-order valence-corrected chi connectivity index (χ3v) is 2.95. The highest BCUT2D eigenvalue weighted by Crippen LogP contribution is 2.33. The number of benzene rings is 1. The largest absolute Gasteiger partial charge is 0.399 e. The molecule has 0 saturated carbocycles. The second-order valence-electron chi connectivity index (χ2n) is 3.79. The molecule has 2 heteroatoms. The first-order valence-electron chi connectivity index (χ1n) is 4.78. The maximum absolute atomic E-state index is 5.88. The standard InChI is InChI=1S/C11H16N2/c1-7-5-8-3-4-11(13-2)9(8)6-10(7)12/h5-6,11,13H,3-4,12H2,1-2H3. The van der Waals surface area contributed by atoms with E-state index in [1.807, 2.05) is 7.05 Å². The molecule has 3 N–H and O–H groups in total. The van der Waals surface area contributed by atoms with E-state index in [0.717, 1.165) is 5.69 Å². The number of hydrogen-bond acceptors (Lipinski definition) is 2. The zero-order valence-electron chi connectivity index (χ0n) is 8.22. The van der Waals surface area contributed by atoms with Crippen molar-refractivity contribution in [2.45, 2.75) is 25.8 Å². The van der Waals surface area contributed by atoms with Gasteiger partial charge in [0, 0.05) is 11.7 Å². The predicted molar refractivity (Wildman–Crippen MR) is 55.7 cm³/mol. The van der Waals surface area contributed by atoms with Crippen LogP contribution in [0.2, 0.25) is 0 Å². The van der Waals surface area contributed by atoms with Crippen LogP contribution in [-0.2, 0) is 6.42 Å². The summed E-state index contributed by atoms with van der Waals surface area (Å²) < 4.78 is 0. The van der Waals surface area contributed by atoms with Gasteiger partial charge in [-0.05, 0) is 49.6 Å². The Kier molecular flexibility index (Phi) is 2.00. The van der Waals surface area contributed by atoms with Gasteiger partial charge in [-0.15, -0.1) is 0 Å². The van der Waals surface area contributed by atoms with E-state index in [2.05, 4.69) is 24.4 Å². The van der Waals surface area contributed by atoms with E-state index in [1.165, 1.54) is 29.5 Å². The molecule has 1 atom stereocenters. The van der Waals surface area contributed by atoms with E-state index in [9.17, 15) is 0 Å². The molecule has 0 fully saturated rings. The quantitative estimate of drug-likeness (QED) is 0.640. The number of rotatable bonds is 1. The van der Waals surface area contributed by atoms with Crippen molar-refractivity contribution in [3.8, 4) is 0 Å². The molecule has 0 bridgehead atoms. The van der Waals surface area contributed by atoms with Crippen LogP contribution in [-0.4, -0.2) is 7.05 Å². The van der Waals surface area contributed by atoms with Crippen molar-refractivity contribution in [2.24, 2.45) is 0 Å². The minimum Gasteiger partial charge on any atom is -0.399 e. The highest BCUT2D eigenvalue weighted by Gasteiger charge is 2.21. The molecular formula is C11H16N2. The Bertz CT molecular complexity index is 331. The van der Waals surface area contributed by atoms with Crippen LogP contribution < -0.4 is 11.1 Å². The summed E-state index contributed by atoms with van der Waals surface area (Å²) in [5.74, 6) is 0. The molecule has 0 radical (unpaired) electrons. The van der Waals surface area contributed by atoms with E-state index in [-0.39, 0.29) is 0 Å². The Morgan fingerprint density at radius 3 is 2.92 bits per heavy atom. The van der Waals surface area contributed by atoms with Crippen LogP contribution in [0.25, 0.3) is 0 Å². The maximum atomic E-state index is 5.88. The number of nitrogens with one attached hydrogen (secondary N) is 1. The fraction of sp³-hybridized carbons (Fsp3) is 0.455. The maximum Gasteiger partial charge on any atom is 0.0347 e. The summed E-state index contributed by atoms with van der Waals surface area (Å²) in [4.78, 5) is 0. The minimum atomic E-state index is 0.512. The minimum absolute atomic E-state index is 0.512. The Morgan fingerprint density at radius 1 is 1.46 bits per heavy atom. The lowest BCUT2D eigenvalue weighted by Crippen LogP contribution is -2.13. The fourth-order valence-corrected chi connectivity index (χ4v) is 2.10. The van der Waals surface area contributed by atoms with Crippen molar-refractivity contribution >= 4 is 5.69 Å². The molecule has 1 aromatic rings. The van der Waals surface area contributed by atoms with Crippen LogP contribution >= 0.6 is 0 Å². The van der Waals surface area contributed by atoms with Gasteiger partial charge in [0.05, 0.1) is 0 Å². The molecule has 0 heterocycles. The lowest BCUT2D eigenvalue weighted by molar-refractivity contribution is 0.590. The summed E-state index contributed by atoms with van der Waals surface area (Å²) in [6.45, 7) is 2.07. The van der Waals surface area contributed by atoms with E-state index < -0.39 is 0 Å². The van der Waals surface area contributed by atoms with Crippen molar-refractivity contribution in [1.82, 2.24) is 5.32 Å². The van der Waals surface area contributed by atoms with Gasteiger partial charge in [0.2, 0.25) is 0 Å². The van der Waals surface area contributed by atoms with Crippen molar-refractivity contribution < 1.29 is 0 Å². The van der Waals surface area contributed by atoms with Gasteiger partial charge in [-0.3, -0.25) is 0 Å². The van der Waals surface area contributed by atoms with Gasteiger partial charge in [0.15, 0.2) is 0 Å². The lowest BCUT2D eigenvalue weighted by Gasteiger charge is -2.11. The summed E-state index contributed by atoms with van der Waals surface area (Å²) in [6.07, 6.45) is 2.39. The lowest BCUT2D eigenvalue weighted by atomic mass is 10.0. The Morgan fingerprint density at radius 2 is 2.23 bits per heavy atom. The fourth-order valence-electron chi connectivity index (χ4n) is 2.10. The van der Waals surface area contributed by atoms with Gasteiger partial charge in [-0.1, -0.05) is 6.07 Å². The second-order valence-corrected chi connectivity index (χ2v) is 3.79. The summed E-state index contributed by atoms with van der Waals surface area (Å²) in [5, 5.41) is 3.31. The molecule has 13 heavy (non-hydrogen) atoms. The molecular weight excluding hydrogens is 160 g/mol. The molecule has 0 saturated heterocycles. The number of hydrogen-bond donors (Lipinski definition) is 2. The average molecular weight is 176 g/mol. The number of aryl methyl sites for hydroxylation is 2. The van der Waals surface area contributed by atoms with Crippen molar-refractivity contribution in [1.29, 1.82) is 0 Å². The molecule has 0 amide bonds. The zero-order chi connectivity index (χ0) is 9.42. The third-order valence-electron chi connectivity index (χ3n) is 2.95. The molecule has 0 aromatic heterocycles. The number of nitrogen functional groups attached to an aromatic ring is 1. The summed E-state index contributed by atoms with van der Waals surface area (Å²) in [5.41, 5.74) is 10.9. The van der Waals surface area contributed by atoms with E-state index in [1.54, 1.807) is 0 Å². The van der Waals surface area contributed by atoms with Gasteiger partial charge in [-0.25, -0.2) is 0 Å². The normalized spacial score (nSPS) is 20.3. The van der Waals surface area contributed by atoms with Gasteiger partial charge in [0.25, 0.3) is 0 Å². The SMILES string of the molecule is CNC1CCc2cc(C)c(N)cc21. The Labute approximate surface area is 79.1 Å². The number of anilines is 1. The van der Waals surface area contributed by atoms with Gasteiger partial charge in [0.1, 0.15) is 0 Å². The van der Waals surface area contributed by atoms with Crippen molar-refractivity contribution in [3.05, 3.63) is 28.8 Å². The molecule has 0 aliphatic heterocycles. The van der Waals surface area contributed by atoms with Gasteiger partial charge in [-0.2, -0.15) is 0 Å². The van der Waals surface area contributed by atoms with E-state index >= 15 is 0 Å². The predicted octanol–water partition coefficient (Wildman–Crippen LogP) is 1.78. The Hall–Kier alpha value is -1.02. The first-order valence-corrected chi connectivity index (χ1v) is 4.78. The highest BCUT2D eigenvalue weighted by molar-refractivity contribution is 5.53. The smallest absolute Gasteiger partial charge is 0.0347 e. The topological polar surface area (TPSA) is 38.0 Å².